The van der Waals surface area contributed by atoms with E-state index >= 15 is 0 Å². The highest BCUT2D eigenvalue weighted by atomic mass is 35.5. The van der Waals surface area contributed by atoms with Gasteiger partial charge in [-0.15, -0.1) is 11.3 Å². The Morgan fingerprint density at radius 1 is 1.17 bits per heavy atom. The maximum absolute atomic E-state index is 12.5. The number of benzene rings is 2. The molecule has 0 spiro atoms. The summed E-state index contributed by atoms with van der Waals surface area (Å²) in [5.41, 5.74) is 0.378. The van der Waals surface area contributed by atoms with Crippen LogP contribution in [0, 0.1) is 0 Å². The summed E-state index contributed by atoms with van der Waals surface area (Å²) in [6.07, 6.45) is 4.48. The molecule has 0 atom stereocenters. The Labute approximate surface area is 183 Å². The first-order valence-electron chi connectivity index (χ1n) is 9.25. The summed E-state index contributed by atoms with van der Waals surface area (Å²) in [4.78, 5) is 17.3. The van der Waals surface area contributed by atoms with E-state index in [1.807, 2.05) is 24.3 Å². The molecule has 0 aliphatic carbocycles. The maximum atomic E-state index is 12.5. The minimum absolute atomic E-state index is 0.0615. The zero-order valence-electron chi connectivity index (χ0n) is 15.8. The fourth-order valence-electron chi connectivity index (χ4n) is 3.05. The molecule has 0 bridgehead atoms. The molecule has 1 amide bonds. The topological polar surface area (TPSA) is 87.6 Å². The summed E-state index contributed by atoms with van der Waals surface area (Å²) in [5, 5.41) is 4.24. The number of sulfonamides is 1. The lowest BCUT2D eigenvalue weighted by Gasteiger charge is -2.09. The van der Waals surface area contributed by atoms with Crippen LogP contribution in [-0.4, -0.2) is 26.7 Å². The summed E-state index contributed by atoms with van der Waals surface area (Å²) in [6.45, 7) is 0.629. The van der Waals surface area contributed by atoms with Gasteiger partial charge in [-0.2, -0.15) is 0 Å². The first-order valence-corrected chi connectivity index (χ1v) is 11.9. The summed E-state index contributed by atoms with van der Waals surface area (Å²) in [5.74, 6) is 0.0822. The van der Waals surface area contributed by atoms with Crippen LogP contribution < -0.4 is 10.0 Å². The number of carbonyl (C=O) groups is 1. The zero-order valence-corrected chi connectivity index (χ0v) is 18.2. The van der Waals surface area contributed by atoms with Crippen LogP contribution >= 0.6 is 22.9 Å². The maximum Gasteiger partial charge on any atom is 0.262 e. The molecule has 0 radical (unpaired) electrons. The molecule has 0 saturated carbocycles. The van der Waals surface area contributed by atoms with Gasteiger partial charge in [0.15, 0.2) is 0 Å². The van der Waals surface area contributed by atoms with Crippen molar-refractivity contribution in [3.05, 3.63) is 64.5 Å². The number of thiophene rings is 1. The van der Waals surface area contributed by atoms with Crippen molar-refractivity contribution in [3.8, 4) is 0 Å². The van der Waals surface area contributed by atoms with Gasteiger partial charge >= 0.3 is 0 Å². The Bertz CT molecular complexity index is 1280. The van der Waals surface area contributed by atoms with Crippen molar-refractivity contribution in [2.45, 2.75) is 17.7 Å². The van der Waals surface area contributed by atoms with E-state index in [1.54, 1.807) is 18.2 Å². The molecular formula is C21H18ClN3O3S2. The van der Waals surface area contributed by atoms with Crippen molar-refractivity contribution in [3.63, 3.8) is 0 Å². The highest BCUT2D eigenvalue weighted by molar-refractivity contribution is 7.90. The zero-order chi connectivity index (χ0) is 21.1. The molecule has 3 aromatic rings. The molecule has 0 unspecified atom stereocenters. The lowest BCUT2D eigenvalue weighted by Crippen LogP contribution is -2.29. The summed E-state index contributed by atoms with van der Waals surface area (Å²) in [6, 6.07) is 13.8. The highest BCUT2D eigenvalue weighted by Gasteiger charge is 2.18. The molecule has 30 heavy (non-hydrogen) atoms. The summed E-state index contributed by atoms with van der Waals surface area (Å²) < 4.78 is 28.6. The SMILES string of the molecule is O=C(/C=C/c1sc2ccccc2c1Cl)Nc1cccc(S(=O)(=O)NC2=NCCC2)c1. The van der Waals surface area contributed by atoms with Gasteiger partial charge in [-0.05, 0) is 36.8 Å². The molecule has 1 aliphatic heterocycles. The normalized spacial score (nSPS) is 14.2. The van der Waals surface area contributed by atoms with Crippen molar-refractivity contribution >= 4 is 66.6 Å². The van der Waals surface area contributed by atoms with Gasteiger partial charge in [-0.25, -0.2) is 8.42 Å². The molecule has 9 heteroatoms. The van der Waals surface area contributed by atoms with Crippen LogP contribution in [0.4, 0.5) is 5.69 Å². The predicted octanol–water partition coefficient (Wildman–Crippen LogP) is 4.68. The molecule has 6 nitrogen and oxygen atoms in total. The molecule has 154 valence electrons. The molecule has 2 aromatic carbocycles. The van der Waals surface area contributed by atoms with Crippen molar-refractivity contribution in [2.24, 2.45) is 4.99 Å². The third-order valence-corrected chi connectivity index (χ3v) is 7.52. The quantitative estimate of drug-likeness (QED) is 0.543. The monoisotopic (exact) mass is 459 g/mol. The third-order valence-electron chi connectivity index (χ3n) is 4.48. The number of nitrogens with one attached hydrogen (secondary N) is 2. The van der Waals surface area contributed by atoms with Crippen LogP contribution in [0.15, 0.2) is 64.5 Å². The number of carbonyl (C=O) groups excluding carboxylic acids is 1. The van der Waals surface area contributed by atoms with Gasteiger partial charge in [-0.3, -0.25) is 14.5 Å². The Kier molecular flexibility index (Phi) is 5.90. The van der Waals surface area contributed by atoms with Gasteiger partial charge in [0.25, 0.3) is 10.0 Å². The number of rotatable bonds is 5. The van der Waals surface area contributed by atoms with Crippen LogP contribution in [0.1, 0.15) is 17.7 Å². The van der Waals surface area contributed by atoms with E-state index in [4.69, 9.17) is 11.6 Å². The smallest absolute Gasteiger partial charge is 0.262 e. The minimum atomic E-state index is -3.74. The van der Waals surface area contributed by atoms with Crippen molar-refractivity contribution < 1.29 is 13.2 Å². The lowest BCUT2D eigenvalue weighted by molar-refractivity contribution is -0.111. The number of fused-ring (bicyclic) bond motifs is 1. The number of anilines is 1. The van der Waals surface area contributed by atoms with Gasteiger partial charge in [0.2, 0.25) is 5.91 Å². The molecular weight excluding hydrogens is 442 g/mol. The summed E-state index contributed by atoms with van der Waals surface area (Å²) >= 11 is 7.88. The number of hydrogen-bond acceptors (Lipinski definition) is 5. The number of amidine groups is 1. The predicted molar refractivity (Wildman–Crippen MR) is 123 cm³/mol. The number of nitrogens with zero attached hydrogens (tertiary/aromatic N) is 1. The van der Waals surface area contributed by atoms with Crippen LogP contribution in [0.5, 0.6) is 0 Å². The van der Waals surface area contributed by atoms with Gasteiger partial charge in [0.05, 0.1) is 9.92 Å². The van der Waals surface area contributed by atoms with Gasteiger partial charge in [0.1, 0.15) is 5.84 Å². The van der Waals surface area contributed by atoms with Crippen LogP contribution in [-0.2, 0) is 14.8 Å². The summed E-state index contributed by atoms with van der Waals surface area (Å²) in [7, 11) is -3.74. The third kappa shape index (κ3) is 4.56. The molecule has 1 aliphatic rings. The molecule has 2 heterocycles. The van der Waals surface area contributed by atoms with Crippen LogP contribution in [0.2, 0.25) is 5.02 Å². The molecule has 2 N–H and O–H groups in total. The fourth-order valence-corrected chi connectivity index (χ4v) is 5.59. The minimum Gasteiger partial charge on any atom is -0.322 e. The average Bonchev–Trinajstić information content (AvgIpc) is 3.34. The second-order valence-corrected chi connectivity index (χ2v) is 9.81. The first kappa shape index (κ1) is 20.6. The standard InChI is InChI=1S/C21H18ClN3O3S2/c22-21-16-7-1-2-8-17(16)29-18(21)10-11-20(26)24-14-5-3-6-15(13-14)30(27,28)25-19-9-4-12-23-19/h1-3,5-8,10-11,13H,4,9,12H2,(H,23,25)(H,24,26)/b11-10+. The second-order valence-electron chi connectivity index (χ2n) is 6.66. The largest absolute Gasteiger partial charge is 0.322 e. The molecule has 1 aromatic heterocycles. The van der Waals surface area contributed by atoms with E-state index in [9.17, 15) is 13.2 Å². The number of hydrogen-bond donors (Lipinski definition) is 2. The van der Waals surface area contributed by atoms with Gasteiger partial charge < -0.3 is 5.32 Å². The van der Waals surface area contributed by atoms with E-state index in [2.05, 4.69) is 15.0 Å². The Balaban J connectivity index is 1.47. The number of amides is 1. The van der Waals surface area contributed by atoms with Gasteiger partial charge in [-0.1, -0.05) is 35.9 Å². The van der Waals surface area contributed by atoms with E-state index in [0.29, 0.717) is 29.5 Å². The Morgan fingerprint density at radius 3 is 2.77 bits per heavy atom. The van der Waals surface area contributed by atoms with Crippen LogP contribution in [0.3, 0.4) is 0 Å². The molecule has 4 rings (SSSR count). The van der Waals surface area contributed by atoms with E-state index in [-0.39, 0.29) is 10.8 Å². The first-order chi connectivity index (χ1) is 14.4. The number of halogens is 1. The second kappa shape index (κ2) is 8.59. The Hall–Kier alpha value is -2.68. The average molecular weight is 460 g/mol. The molecule has 0 fully saturated rings. The fraction of sp³-hybridized carbons (Fsp3) is 0.143. The van der Waals surface area contributed by atoms with E-state index in [1.165, 1.54) is 29.5 Å². The number of aliphatic imine (C=N–C) groups is 1. The van der Waals surface area contributed by atoms with E-state index < -0.39 is 10.0 Å². The highest BCUT2D eigenvalue weighted by Crippen LogP contribution is 2.35. The van der Waals surface area contributed by atoms with Gasteiger partial charge in [0, 0.05) is 39.7 Å². The van der Waals surface area contributed by atoms with Crippen LogP contribution in [0.25, 0.3) is 16.2 Å². The lowest BCUT2D eigenvalue weighted by atomic mass is 10.2. The van der Waals surface area contributed by atoms with E-state index in [0.717, 1.165) is 21.4 Å². The molecule has 0 saturated heterocycles. The van der Waals surface area contributed by atoms with Crippen molar-refractivity contribution in [1.82, 2.24) is 4.72 Å². The Morgan fingerprint density at radius 2 is 2.00 bits per heavy atom. The van der Waals surface area contributed by atoms with Crippen molar-refractivity contribution in [2.75, 3.05) is 11.9 Å². The van der Waals surface area contributed by atoms with Crippen molar-refractivity contribution in [1.29, 1.82) is 0 Å².